The van der Waals surface area contributed by atoms with Crippen LogP contribution < -0.4 is 16.0 Å². The number of carbonyl (C=O) groups excluding carboxylic acids is 2. The highest BCUT2D eigenvalue weighted by molar-refractivity contribution is 8.00. The Balaban J connectivity index is 1.90. The Morgan fingerprint density at radius 1 is 1.12 bits per heavy atom. The Bertz CT molecular complexity index is 751. The lowest BCUT2D eigenvalue weighted by Crippen LogP contribution is -3.08. The van der Waals surface area contributed by atoms with Crippen molar-refractivity contribution in [2.24, 2.45) is 5.73 Å². The molecule has 2 aromatic rings. The Morgan fingerprint density at radius 3 is 2.46 bits per heavy atom. The molecule has 0 radical (unpaired) electrons. The first-order chi connectivity index (χ1) is 12.5. The van der Waals surface area contributed by atoms with Crippen LogP contribution in [0.3, 0.4) is 0 Å². The Kier molecular flexibility index (Phi) is 8.03. The lowest BCUT2D eigenvalue weighted by atomic mass is 10.2. The number of hydrogen-bond donors (Lipinski definition) is 3. The van der Waals surface area contributed by atoms with Gasteiger partial charge in [0.2, 0.25) is 5.91 Å². The topological polar surface area (TPSA) is 76.6 Å². The summed E-state index contributed by atoms with van der Waals surface area (Å²) in [6.45, 7) is 1.14. The lowest BCUT2D eigenvalue weighted by Gasteiger charge is -2.15. The van der Waals surface area contributed by atoms with Gasteiger partial charge in [0, 0.05) is 15.4 Å². The normalized spacial score (nSPS) is 11.8. The maximum atomic E-state index is 12.4. The van der Waals surface area contributed by atoms with Crippen LogP contribution in [-0.2, 0) is 16.1 Å². The van der Waals surface area contributed by atoms with Gasteiger partial charge in [-0.25, -0.2) is 0 Å². The summed E-state index contributed by atoms with van der Waals surface area (Å²) in [5.41, 5.74) is 7.11. The minimum Gasteiger partial charge on any atom is -0.369 e. The molecule has 0 fully saturated rings. The van der Waals surface area contributed by atoms with Gasteiger partial charge in [-0.05, 0) is 30.5 Å². The van der Waals surface area contributed by atoms with Crippen molar-refractivity contribution in [2.45, 2.75) is 16.3 Å². The highest BCUT2D eigenvalue weighted by atomic mass is 32.2. The van der Waals surface area contributed by atoms with Crippen molar-refractivity contribution in [2.75, 3.05) is 30.9 Å². The third kappa shape index (κ3) is 6.74. The molecule has 1 atom stereocenters. The van der Waals surface area contributed by atoms with Crippen LogP contribution in [0.25, 0.3) is 0 Å². The van der Waals surface area contributed by atoms with Gasteiger partial charge in [0.05, 0.1) is 18.5 Å². The standard InChI is InChI=1S/C19H23N3O2S2/c1-22(11-14-7-9-15(25-2)10-8-14)12-19(24)21-16-5-3-4-6-17(16)26-13-18(20)23/h3-10H,11-13H2,1-2H3,(H2,20,23)(H,21,24)/p+1. The number of primary amides is 1. The number of nitrogens with two attached hydrogens (primary N) is 1. The minimum atomic E-state index is -0.382. The Hall–Kier alpha value is -1.96. The van der Waals surface area contributed by atoms with Crippen LogP contribution in [-0.4, -0.2) is 37.4 Å². The van der Waals surface area contributed by atoms with E-state index in [9.17, 15) is 9.59 Å². The maximum absolute atomic E-state index is 12.4. The molecule has 1 unspecified atom stereocenters. The predicted molar refractivity (Wildman–Crippen MR) is 109 cm³/mol. The quantitative estimate of drug-likeness (QED) is 0.569. The van der Waals surface area contributed by atoms with Crippen molar-refractivity contribution < 1.29 is 14.5 Å². The van der Waals surface area contributed by atoms with Crippen LogP contribution in [0.2, 0.25) is 0 Å². The number of likely N-dealkylation sites (N-methyl/N-ethyl adjacent to an activating group) is 1. The number of para-hydroxylation sites is 1. The van der Waals surface area contributed by atoms with Crippen molar-refractivity contribution >= 4 is 41.0 Å². The van der Waals surface area contributed by atoms with E-state index in [0.29, 0.717) is 12.2 Å². The molecule has 0 aromatic heterocycles. The number of hydrogen-bond acceptors (Lipinski definition) is 4. The van der Waals surface area contributed by atoms with Crippen molar-refractivity contribution in [3.8, 4) is 0 Å². The molecule has 138 valence electrons. The van der Waals surface area contributed by atoms with E-state index in [1.54, 1.807) is 11.8 Å². The summed E-state index contributed by atoms with van der Waals surface area (Å²) in [6.07, 6.45) is 2.05. The summed E-state index contributed by atoms with van der Waals surface area (Å²) < 4.78 is 0. The van der Waals surface area contributed by atoms with E-state index in [0.717, 1.165) is 16.3 Å². The monoisotopic (exact) mass is 390 g/mol. The predicted octanol–water partition coefficient (Wildman–Crippen LogP) is 1.64. The second kappa shape index (κ2) is 10.3. The van der Waals surface area contributed by atoms with Crippen molar-refractivity contribution in [3.63, 3.8) is 0 Å². The Labute approximate surface area is 162 Å². The molecule has 2 aromatic carbocycles. The zero-order chi connectivity index (χ0) is 18.9. The van der Waals surface area contributed by atoms with Gasteiger partial charge < -0.3 is 16.0 Å². The van der Waals surface area contributed by atoms with Gasteiger partial charge in [0.1, 0.15) is 6.54 Å². The number of carbonyl (C=O) groups is 2. The smallest absolute Gasteiger partial charge is 0.279 e. The Morgan fingerprint density at radius 2 is 1.81 bits per heavy atom. The first-order valence-electron chi connectivity index (χ1n) is 8.22. The fraction of sp³-hybridized carbons (Fsp3) is 0.263. The van der Waals surface area contributed by atoms with E-state index in [1.807, 2.05) is 31.3 Å². The van der Waals surface area contributed by atoms with Crippen LogP contribution in [0.5, 0.6) is 0 Å². The average Bonchev–Trinajstić information content (AvgIpc) is 2.61. The lowest BCUT2D eigenvalue weighted by molar-refractivity contribution is -0.885. The maximum Gasteiger partial charge on any atom is 0.279 e. The number of amides is 2. The molecule has 26 heavy (non-hydrogen) atoms. The summed E-state index contributed by atoms with van der Waals surface area (Å²) >= 11 is 3.04. The van der Waals surface area contributed by atoms with Crippen LogP contribution in [0.4, 0.5) is 5.69 Å². The zero-order valence-corrected chi connectivity index (χ0v) is 16.6. The highest BCUT2D eigenvalue weighted by Gasteiger charge is 2.13. The van der Waals surface area contributed by atoms with Gasteiger partial charge in [-0.1, -0.05) is 24.3 Å². The molecule has 2 amide bonds. The molecular formula is C19H24N3O2S2+. The third-order valence-corrected chi connectivity index (χ3v) is 5.50. The SMILES string of the molecule is CSc1ccc(C[NH+](C)CC(=O)Nc2ccccc2SCC(N)=O)cc1. The first kappa shape index (κ1) is 20.4. The van der Waals surface area contributed by atoms with Gasteiger partial charge in [-0.2, -0.15) is 0 Å². The van der Waals surface area contributed by atoms with Gasteiger partial charge in [0.15, 0.2) is 6.54 Å². The number of quaternary nitrogens is 1. The van der Waals surface area contributed by atoms with Gasteiger partial charge in [-0.3, -0.25) is 9.59 Å². The highest BCUT2D eigenvalue weighted by Crippen LogP contribution is 2.26. The van der Waals surface area contributed by atoms with E-state index in [-0.39, 0.29) is 17.6 Å². The molecule has 0 bridgehead atoms. The first-order valence-corrected chi connectivity index (χ1v) is 10.4. The summed E-state index contributed by atoms with van der Waals surface area (Å²) in [5, 5.41) is 2.93. The fourth-order valence-electron chi connectivity index (χ4n) is 2.47. The second-order valence-corrected chi connectivity index (χ2v) is 7.85. The molecule has 0 saturated heterocycles. The number of thioether (sulfide) groups is 2. The molecule has 0 saturated carbocycles. The summed E-state index contributed by atoms with van der Waals surface area (Å²) in [7, 11) is 2.00. The third-order valence-electron chi connectivity index (χ3n) is 3.66. The number of benzene rings is 2. The molecule has 0 aliphatic heterocycles. The molecular weight excluding hydrogens is 366 g/mol. The van der Waals surface area contributed by atoms with Crippen LogP contribution in [0.15, 0.2) is 58.3 Å². The largest absolute Gasteiger partial charge is 0.369 e. The number of nitrogens with one attached hydrogen (secondary N) is 2. The van der Waals surface area contributed by atoms with Gasteiger partial charge in [-0.15, -0.1) is 23.5 Å². The molecule has 7 heteroatoms. The van der Waals surface area contributed by atoms with Crippen LogP contribution in [0, 0.1) is 0 Å². The molecule has 0 aliphatic rings. The van der Waals surface area contributed by atoms with E-state index in [2.05, 4.69) is 35.8 Å². The van der Waals surface area contributed by atoms with E-state index in [1.165, 1.54) is 22.2 Å². The minimum absolute atomic E-state index is 0.0599. The fourth-order valence-corrected chi connectivity index (χ4v) is 3.62. The number of anilines is 1. The second-order valence-electron chi connectivity index (χ2n) is 5.96. The average molecular weight is 391 g/mol. The summed E-state index contributed by atoms with van der Waals surface area (Å²) in [4.78, 5) is 26.5. The van der Waals surface area contributed by atoms with Crippen LogP contribution in [0.1, 0.15) is 5.56 Å². The van der Waals surface area contributed by atoms with Crippen molar-refractivity contribution in [3.05, 3.63) is 54.1 Å². The van der Waals surface area contributed by atoms with E-state index in [4.69, 9.17) is 5.73 Å². The molecule has 5 nitrogen and oxygen atoms in total. The molecule has 0 spiro atoms. The van der Waals surface area contributed by atoms with E-state index < -0.39 is 0 Å². The molecule has 4 N–H and O–H groups in total. The van der Waals surface area contributed by atoms with Crippen molar-refractivity contribution in [1.29, 1.82) is 0 Å². The molecule has 0 aliphatic carbocycles. The molecule has 0 heterocycles. The summed E-state index contributed by atoms with van der Waals surface area (Å²) in [6, 6.07) is 15.8. The van der Waals surface area contributed by atoms with Gasteiger partial charge in [0.25, 0.3) is 5.91 Å². The number of rotatable bonds is 9. The molecule has 2 rings (SSSR count). The van der Waals surface area contributed by atoms with Crippen LogP contribution >= 0.6 is 23.5 Å². The summed E-state index contributed by atoms with van der Waals surface area (Å²) in [5.74, 6) is -0.257. The van der Waals surface area contributed by atoms with Gasteiger partial charge >= 0.3 is 0 Å². The van der Waals surface area contributed by atoms with Crippen molar-refractivity contribution in [1.82, 2.24) is 0 Å². The van der Waals surface area contributed by atoms with E-state index >= 15 is 0 Å². The zero-order valence-electron chi connectivity index (χ0n) is 15.0.